The van der Waals surface area contributed by atoms with Crippen molar-refractivity contribution in [2.45, 2.75) is 224 Å². The Kier molecular flexibility index (Phi) is 26.3. The molecule has 0 radical (unpaired) electrons. The highest BCUT2D eigenvalue weighted by Crippen LogP contribution is 2.31. The lowest BCUT2D eigenvalue weighted by Gasteiger charge is -2.40. The Hall–Kier alpha value is -0.610. The van der Waals surface area contributed by atoms with E-state index in [-0.39, 0.29) is 12.4 Å². The van der Waals surface area contributed by atoms with Crippen LogP contribution in [0.25, 0.3) is 0 Å². The summed E-state index contributed by atoms with van der Waals surface area (Å²) >= 11 is 0. The second-order valence-corrected chi connectivity index (χ2v) is 15.4. The monoisotopic (exact) mass is 701 g/mol. The molecule has 290 valence electrons. The average molecular weight is 701 g/mol. The molecule has 1 aliphatic carbocycles. The van der Waals surface area contributed by atoms with Gasteiger partial charge in [0.2, 0.25) is 0 Å². The number of halogens is 1. The third-order valence-corrected chi connectivity index (χ3v) is 11.0. The number of aliphatic hydroxyl groups is 5. The van der Waals surface area contributed by atoms with Crippen LogP contribution in [0.4, 0.5) is 4.39 Å². The lowest BCUT2D eigenvalue weighted by atomic mass is 9.81. The molecule has 0 spiro atoms. The van der Waals surface area contributed by atoms with Crippen LogP contribution in [0.3, 0.4) is 0 Å². The van der Waals surface area contributed by atoms with Crippen LogP contribution >= 0.6 is 0 Å². The maximum Gasteiger partial charge on any atom is 0.186 e. The molecule has 1 saturated carbocycles. The third kappa shape index (κ3) is 20.3. The van der Waals surface area contributed by atoms with Gasteiger partial charge in [-0.05, 0) is 31.3 Å². The van der Waals surface area contributed by atoms with E-state index in [1.165, 1.54) is 134 Å². The Morgan fingerprint density at radius 1 is 0.714 bits per heavy atom. The van der Waals surface area contributed by atoms with Crippen molar-refractivity contribution in [1.82, 2.24) is 0 Å². The minimum Gasteiger partial charge on any atom is -0.394 e. The number of rotatable bonds is 32. The molecule has 8 heteroatoms. The number of allylic oxidation sites excluding steroid dienone is 1. The molecule has 1 aliphatic heterocycles. The molecule has 2 aliphatic rings. The fraction of sp³-hybridized carbons (Fsp3) is 0.951. The van der Waals surface area contributed by atoms with Crippen molar-refractivity contribution in [3.63, 3.8) is 0 Å². The summed E-state index contributed by atoms with van der Waals surface area (Å²) in [5, 5.41) is 51.2. The van der Waals surface area contributed by atoms with Gasteiger partial charge in [0.1, 0.15) is 24.4 Å². The predicted octanol–water partition coefficient (Wildman–Crippen LogP) is 9.21. The molecule has 5 unspecified atom stereocenters. The molecule has 7 atom stereocenters. The van der Waals surface area contributed by atoms with Crippen molar-refractivity contribution in [2.24, 2.45) is 11.8 Å². The van der Waals surface area contributed by atoms with Crippen molar-refractivity contribution in [1.29, 1.82) is 0 Å². The molecular weight excluding hydrogens is 623 g/mol. The SMILES string of the molecule is CCCCCCCCCCCCCCC[C@@H](O)[C@@H](/C=C(/F)CCCCCCCCCCCC1CCC1)COC1OC(CO)C(O)C(O)C1O. The van der Waals surface area contributed by atoms with Gasteiger partial charge in [0.15, 0.2) is 6.29 Å². The van der Waals surface area contributed by atoms with Gasteiger partial charge in [-0.1, -0.05) is 167 Å². The first-order valence-electron chi connectivity index (χ1n) is 20.8. The smallest absolute Gasteiger partial charge is 0.186 e. The molecule has 0 amide bonds. The van der Waals surface area contributed by atoms with Crippen LogP contribution in [0.15, 0.2) is 11.9 Å². The maximum atomic E-state index is 15.1. The Bertz CT molecular complexity index is 792. The minimum absolute atomic E-state index is 0.115. The highest BCUT2D eigenvalue weighted by molar-refractivity contribution is 4.99. The molecular formula is C41H77FO7. The van der Waals surface area contributed by atoms with Gasteiger partial charge in [-0.2, -0.15) is 0 Å². The second-order valence-electron chi connectivity index (χ2n) is 15.4. The van der Waals surface area contributed by atoms with Crippen molar-refractivity contribution < 1.29 is 39.4 Å². The molecule has 0 bridgehead atoms. The van der Waals surface area contributed by atoms with Crippen LogP contribution < -0.4 is 0 Å². The molecule has 2 rings (SSSR count). The zero-order chi connectivity index (χ0) is 35.5. The summed E-state index contributed by atoms with van der Waals surface area (Å²) < 4.78 is 26.3. The van der Waals surface area contributed by atoms with Crippen LogP contribution in [-0.4, -0.2) is 75.6 Å². The van der Waals surface area contributed by atoms with Crippen LogP contribution in [0.5, 0.6) is 0 Å². The van der Waals surface area contributed by atoms with Gasteiger partial charge in [0.25, 0.3) is 0 Å². The molecule has 0 aromatic rings. The fourth-order valence-electron chi connectivity index (χ4n) is 7.33. The van der Waals surface area contributed by atoms with Crippen LogP contribution in [0.2, 0.25) is 0 Å². The average Bonchev–Trinajstić information content (AvgIpc) is 3.07. The van der Waals surface area contributed by atoms with Crippen LogP contribution in [0.1, 0.15) is 187 Å². The lowest BCUT2D eigenvalue weighted by molar-refractivity contribution is -0.303. The molecule has 2 fully saturated rings. The van der Waals surface area contributed by atoms with Crippen molar-refractivity contribution in [3.05, 3.63) is 11.9 Å². The van der Waals surface area contributed by atoms with Gasteiger partial charge in [-0.15, -0.1) is 0 Å². The van der Waals surface area contributed by atoms with Gasteiger partial charge in [-0.3, -0.25) is 0 Å². The van der Waals surface area contributed by atoms with Gasteiger partial charge in [-0.25, -0.2) is 4.39 Å². The number of aliphatic hydroxyl groups excluding tert-OH is 5. The fourth-order valence-corrected chi connectivity index (χ4v) is 7.33. The Labute approximate surface area is 299 Å². The van der Waals surface area contributed by atoms with E-state index in [9.17, 15) is 25.5 Å². The second kappa shape index (κ2) is 28.9. The number of unbranched alkanes of at least 4 members (excludes halogenated alkanes) is 20. The molecule has 1 saturated heterocycles. The van der Waals surface area contributed by atoms with Crippen molar-refractivity contribution in [3.8, 4) is 0 Å². The number of ether oxygens (including phenoxy) is 2. The van der Waals surface area contributed by atoms with Gasteiger partial charge >= 0.3 is 0 Å². The molecule has 5 N–H and O–H groups in total. The summed E-state index contributed by atoms with van der Waals surface area (Å²) in [6.45, 7) is 1.59. The predicted molar refractivity (Wildman–Crippen MR) is 197 cm³/mol. The van der Waals surface area contributed by atoms with Crippen LogP contribution in [0, 0.1) is 11.8 Å². The largest absolute Gasteiger partial charge is 0.394 e. The zero-order valence-electron chi connectivity index (χ0n) is 31.3. The Balaban J connectivity index is 1.69. The highest BCUT2D eigenvalue weighted by Gasteiger charge is 2.44. The molecule has 49 heavy (non-hydrogen) atoms. The Morgan fingerprint density at radius 3 is 1.73 bits per heavy atom. The quantitative estimate of drug-likeness (QED) is 0.0444. The van der Waals surface area contributed by atoms with Gasteiger partial charge < -0.3 is 35.0 Å². The molecule has 7 nitrogen and oxygen atoms in total. The van der Waals surface area contributed by atoms with Crippen molar-refractivity contribution in [2.75, 3.05) is 13.2 Å². The topological polar surface area (TPSA) is 120 Å². The Morgan fingerprint density at radius 2 is 1.22 bits per heavy atom. The number of hydrogen-bond acceptors (Lipinski definition) is 7. The van der Waals surface area contributed by atoms with E-state index in [4.69, 9.17) is 9.47 Å². The molecule has 0 aromatic heterocycles. The van der Waals surface area contributed by atoms with E-state index in [0.29, 0.717) is 12.8 Å². The summed E-state index contributed by atoms with van der Waals surface area (Å²) in [5.41, 5.74) is 0. The standard InChI is InChI=1S/C41H77FO7/c1-2-3-4-5-6-7-8-9-10-14-17-20-23-29-36(44)34(32-48-41-40(47)39(46)38(45)37(31-43)49-41)30-35(42)28-22-19-16-13-11-12-15-18-21-25-33-26-24-27-33/h30,33-34,36-41,43-47H,2-29,31-32H2,1H3/b35-30+/t34-,36+,37?,38?,39?,40?,41?/m0/s1. The summed E-state index contributed by atoms with van der Waals surface area (Å²) in [4.78, 5) is 0. The first-order chi connectivity index (χ1) is 23.9. The van der Waals surface area contributed by atoms with Crippen molar-refractivity contribution >= 4 is 0 Å². The first-order valence-corrected chi connectivity index (χ1v) is 20.8. The summed E-state index contributed by atoms with van der Waals surface area (Å²) in [6, 6.07) is 0. The minimum atomic E-state index is -1.55. The van der Waals surface area contributed by atoms with E-state index >= 15 is 4.39 Å². The van der Waals surface area contributed by atoms with Gasteiger partial charge in [0, 0.05) is 5.92 Å². The lowest BCUT2D eigenvalue weighted by Crippen LogP contribution is -2.59. The van der Waals surface area contributed by atoms with E-state index in [1.54, 1.807) is 0 Å². The summed E-state index contributed by atoms with van der Waals surface area (Å²) in [6.07, 6.45) is 27.1. The highest BCUT2D eigenvalue weighted by atomic mass is 19.1. The van der Waals surface area contributed by atoms with E-state index in [1.807, 2.05) is 0 Å². The van der Waals surface area contributed by atoms with Crippen LogP contribution in [-0.2, 0) is 9.47 Å². The number of hydrogen-bond donors (Lipinski definition) is 5. The first kappa shape index (κ1) is 44.6. The molecule has 0 aromatic carbocycles. The summed E-state index contributed by atoms with van der Waals surface area (Å²) in [5.74, 6) is 0.110. The summed E-state index contributed by atoms with van der Waals surface area (Å²) in [7, 11) is 0. The van der Waals surface area contributed by atoms with E-state index < -0.39 is 49.3 Å². The molecule has 1 heterocycles. The third-order valence-electron chi connectivity index (χ3n) is 11.0. The van der Waals surface area contributed by atoms with E-state index in [2.05, 4.69) is 6.92 Å². The van der Waals surface area contributed by atoms with E-state index in [0.717, 1.165) is 44.4 Å². The zero-order valence-corrected chi connectivity index (χ0v) is 31.3. The normalized spacial score (nSPS) is 24.6. The van der Waals surface area contributed by atoms with Gasteiger partial charge in [0.05, 0.1) is 25.1 Å². The maximum absolute atomic E-state index is 15.1.